The van der Waals surface area contributed by atoms with Crippen LogP contribution in [0, 0.1) is 5.92 Å². The molecule has 4 amide bonds. The minimum absolute atomic E-state index is 0.0876. The molecular weight excluding hydrogens is 523 g/mol. The number of rotatable bonds is 9. The van der Waals surface area contributed by atoms with E-state index in [1.165, 1.54) is 17.7 Å². The van der Waals surface area contributed by atoms with Gasteiger partial charge in [-0.1, -0.05) is 50.2 Å². The maximum Gasteiger partial charge on any atom is 0.317 e. The minimum atomic E-state index is -1.32. The van der Waals surface area contributed by atoms with Gasteiger partial charge in [-0.05, 0) is 41.9 Å². The highest BCUT2D eigenvalue weighted by Gasteiger charge is 2.40. The van der Waals surface area contributed by atoms with E-state index in [1.807, 2.05) is 42.5 Å². The number of piperazine rings is 1. The van der Waals surface area contributed by atoms with E-state index < -0.39 is 30.1 Å². The maximum atomic E-state index is 14.6. The van der Waals surface area contributed by atoms with Gasteiger partial charge in [0.25, 0.3) is 0 Å². The van der Waals surface area contributed by atoms with Crippen molar-refractivity contribution in [1.82, 2.24) is 30.3 Å². The van der Waals surface area contributed by atoms with Gasteiger partial charge in [-0.15, -0.1) is 0 Å². The van der Waals surface area contributed by atoms with Crippen molar-refractivity contribution >= 4 is 17.8 Å². The number of urea groups is 1. The van der Waals surface area contributed by atoms with Crippen LogP contribution in [0.3, 0.4) is 0 Å². The van der Waals surface area contributed by atoms with Crippen LogP contribution in [0.4, 0.5) is 9.18 Å². The Kier molecular flexibility index (Phi) is 9.17. The first-order chi connectivity index (χ1) is 19.8. The summed E-state index contributed by atoms with van der Waals surface area (Å²) in [5, 5.41) is 5.71. The summed E-state index contributed by atoms with van der Waals surface area (Å²) < 4.78 is 14.6. The van der Waals surface area contributed by atoms with Gasteiger partial charge in [0.15, 0.2) is 0 Å². The molecule has 5 rings (SSSR count). The fourth-order valence-corrected chi connectivity index (χ4v) is 5.61. The average Bonchev–Trinajstić information content (AvgIpc) is 3.72. The van der Waals surface area contributed by atoms with E-state index in [0.717, 1.165) is 36.7 Å². The number of hydrogen-bond acceptors (Lipinski definition) is 5. The fourth-order valence-electron chi connectivity index (χ4n) is 5.61. The van der Waals surface area contributed by atoms with Gasteiger partial charge in [0.2, 0.25) is 11.8 Å². The second-order valence-corrected chi connectivity index (χ2v) is 11.8. The van der Waals surface area contributed by atoms with Crippen LogP contribution >= 0.6 is 0 Å². The summed E-state index contributed by atoms with van der Waals surface area (Å²) in [6, 6.07) is 11.5. The zero-order valence-corrected chi connectivity index (χ0v) is 24.0. The molecule has 3 atom stereocenters. The molecule has 0 radical (unpaired) electrons. The van der Waals surface area contributed by atoms with Gasteiger partial charge >= 0.3 is 6.03 Å². The zero-order chi connectivity index (χ0) is 28.9. The molecule has 0 bridgehead atoms. The molecule has 10 heteroatoms. The Morgan fingerprint density at radius 1 is 1.00 bits per heavy atom. The number of carbonyl (C=O) groups is 3. The zero-order valence-electron chi connectivity index (χ0n) is 24.0. The largest absolute Gasteiger partial charge is 0.342 e. The van der Waals surface area contributed by atoms with Crippen LogP contribution in [-0.4, -0.2) is 95.6 Å². The lowest BCUT2D eigenvalue weighted by atomic mass is 10.00. The van der Waals surface area contributed by atoms with Gasteiger partial charge in [-0.25, -0.2) is 9.18 Å². The van der Waals surface area contributed by atoms with Crippen molar-refractivity contribution in [2.24, 2.45) is 5.92 Å². The third-order valence-electron chi connectivity index (χ3n) is 8.33. The Morgan fingerprint density at radius 3 is 2.37 bits per heavy atom. The molecule has 3 fully saturated rings. The van der Waals surface area contributed by atoms with E-state index in [2.05, 4.69) is 34.4 Å². The Hall–Kier alpha value is -3.53. The van der Waals surface area contributed by atoms with E-state index in [9.17, 15) is 18.8 Å². The second kappa shape index (κ2) is 13.0. The molecule has 0 spiro atoms. The number of pyridine rings is 1. The molecule has 220 valence electrons. The van der Waals surface area contributed by atoms with E-state index >= 15 is 0 Å². The average molecular weight is 565 g/mol. The van der Waals surface area contributed by atoms with Crippen molar-refractivity contribution < 1.29 is 18.8 Å². The first-order valence-electron chi connectivity index (χ1n) is 14.8. The summed E-state index contributed by atoms with van der Waals surface area (Å²) in [5.74, 6) is 0.211. The maximum absolute atomic E-state index is 14.6. The highest BCUT2D eigenvalue weighted by atomic mass is 19.1. The fraction of sp³-hybridized carbons (Fsp3) is 0.548. The van der Waals surface area contributed by atoms with Crippen molar-refractivity contribution in [1.29, 1.82) is 0 Å². The summed E-state index contributed by atoms with van der Waals surface area (Å²) in [6.45, 7) is 7.70. The lowest BCUT2D eigenvalue weighted by molar-refractivity contribution is -0.137. The van der Waals surface area contributed by atoms with Crippen LogP contribution < -0.4 is 10.6 Å². The van der Waals surface area contributed by atoms with Crippen LogP contribution in [0.5, 0.6) is 0 Å². The SMILES string of the molecule is CC(C)c1ccc([C@@H](NC(=O)[C@@H]2C[C@@H](F)CN2C(=O)CNC(=O)N2CCN(CC3CC3)CC2)c2ccccc2)nc1. The molecule has 2 aromatic rings. The number of halogens is 1. The first kappa shape index (κ1) is 29.0. The highest BCUT2D eigenvalue weighted by molar-refractivity contribution is 5.91. The molecule has 41 heavy (non-hydrogen) atoms. The summed E-state index contributed by atoms with van der Waals surface area (Å²) in [5.41, 5.74) is 2.58. The Balaban J connectivity index is 1.20. The van der Waals surface area contributed by atoms with E-state index in [0.29, 0.717) is 24.7 Å². The molecular formula is C31H41FN6O3. The molecule has 1 saturated carbocycles. The quantitative estimate of drug-likeness (QED) is 0.488. The molecule has 1 aliphatic carbocycles. The smallest absolute Gasteiger partial charge is 0.317 e. The van der Waals surface area contributed by atoms with Crippen LogP contribution in [0.25, 0.3) is 0 Å². The standard InChI is InChI=1S/C31H41FN6O3/c1-21(2)24-10-11-26(33-17-24)29(23-6-4-3-5-7-23)35-30(40)27-16-25(32)20-38(27)28(39)18-34-31(41)37-14-12-36(13-15-37)19-22-8-9-22/h3-7,10-11,17,21-22,25,27,29H,8-9,12-16,18-20H2,1-2H3,(H,34,41)(H,35,40)/t25-,27+,29+/m1/s1. The van der Waals surface area contributed by atoms with Crippen molar-refractivity contribution in [2.75, 3.05) is 45.8 Å². The van der Waals surface area contributed by atoms with Gasteiger partial charge in [0.05, 0.1) is 24.8 Å². The van der Waals surface area contributed by atoms with Gasteiger partial charge in [-0.2, -0.15) is 0 Å². The monoisotopic (exact) mass is 564 g/mol. The number of likely N-dealkylation sites (tertiary alicyclic amines) is 1. The molecule has 3 aliphatic rings. The van der Waals surface area contributed by atoms with Gasteiger partial charge in [0, 0.05) is 45.3 Å². The molecule has 1 aromatic heterocycles. The van der Waals surface area contributed by atoms with Gasteiger partial charge < -0.3 is 20.4 Å². The van der Waals surface area contributed by atoms with E-state index in [-0.39, 0.29) is 25.5 Å². The lowest BCUT2D eigenvalue weighted by Crippen LogP contribution is -2.54. The number of nitrogens with zero attached hydrogens (tertiary/aromatic N) is 4. The molecule has 9 nitrogen and oxygen atoms in total. The predicted octanol–water partition coefficient (Wildman–Crippen LogP) is 3.09. The molecule has 0 unspecified atom stereocenters. The number of aromatic nitrogens is 1. The molecule has 1 aromatic carbocycles. The number of alkyl halides is 1. The molecule has 2 N–H and O–H groups in total. The van der Waals surface area contributed by atoms with Crippen molar-refractivity contribution in [3.8, 4) is 0 Å². The summed E-state index contributed by atoms with van der Waals surface area (Å²) >= 11 is 0. The predicted molar refractivity (Wildman–Crippen MR) is 154 cm³/mol. The Labute approximate surface area is 241 Å². The number of carbonyl (C=O) groups excluding carboxylic acids is 3. The van der Waals surface area contributed by atoms with Crippen LogP contribution in [0.15, 0.2) is 48.7 Å². The third kappa shape index (κ3) is 7.41. The van der Waals surface area contributed by atoms with Crippen LogP contribution in [0.1, 0.15) is 61.9 Å². The Bertz CT molecular complexity index is 1200. The van der Waals surface area contributed by atoms with Crippen molar-refractivity contribution in [2.45, 2.75) is 57.3 Å². The topological polar surface area (TPSA) is 97.9 Å². The number of benzene rings is 1. The minimum Gasteiger partial charge on any atom is -0.342 e. The normalized spacial score (nSPS) is 22.0. The number of hydrogen-bond donors (Lipinski definition) is 2. The lowest BCUT2D eigenvalue weighted by Gasteiger charge is -2.34. The van der Waals surface area contributed by atoms with Crippen LogP contribution in [0.2, 0.25) is 0 Å². The second-order valence-electron chi connectivity index (χ2n) is 11.8. The summed E-state index contributed by atoms with van der Waals surface area (Å²) in [7, 11) is 0. The van der Waals surface area contributed by atoms with Gasteiger partial charge in [0.1, 0.15) is 12.2 Å². The third-order valence-corrected chi connectivity index (χ3v) is 8.33. The molecule has 2 saturated heterocycles. The van der Waals surface area contributed by atoms with E-state index in [4.69, 9.17) is 0 Å². The molecule has 3 heterocycles. The highest BCUT2D eigenvalue weighted by Crippen LogP contribution is 2.30. The number of amides is 4. The van der Waals surface area contributed by atoms with E-state index in [1.54, 1.807) is 11.1 Å². The molecule has 2 aliphatic heterocycles. The van der Waals surface area contributed by atoms with Gasteiger partial charge in [-0.3, -0.25) is 19.5 Å². The van der Waals surface area contributed by atoms with Crippen molar-refractivity contribution in [3.05, 3.63) is 65.5 Å². The summed E-state index contributed by atoms with van der Waals surface area (Å²) in [6.07, 6.45) is 3.00. The van der Waals surface area contributed by atoms with Crippen molar-refractivity contribution in [3.63, 3.8) is 0 Å². The number of nitrogens with one attached hydrogen (secondary N) is 2. The van der Waals surface area contributed by atoms with Crippen LogP contribution in [-0.2, 0) is 9.59 Å². The Morgan fingerprint density at radius 2 is 1.73 bits per heavy atom. The summed E-state index contributed by atoms with van der Waals surface area (Å²) in [4.78, 5) is 49.4. The first-order valence-corrected chi connectivity index (χ1v) is 14.8.